The molecule has 21 heavy (non-hydrogen) atoms. The van der Waals surface area contributed by atoms with Gasteiger partial charge in [0.25, 0.3) is 0 Å². The van der Waals surface area contributed by atoms with Crippen LogP contribution >= 0.6 is 0 Å². The highest BCUT2D eigenvalue weighted by molar-refractivity contribution is 5.89. The van der Waals surface area contributed by atoms with Gasteiger partial charge in [0.1, 0.15) is 11.6 Å². The van der Waals surface area contributed by atoms with Gasteiger partial charge in [-0.1, -0.05) is 24.3 Å². The Hall–Kier alpha value is -2.43. The Morgan fingerprint density at radius 3 is 2.38 bits per heavy atom. The number of rotatable bonds is 3. The van der Waals surface area contributed by atoms with E-state index in [0.29, 0.717) is 6.54 Å². The lowest BCUT2D eigenvalue weighted by Gasteiger charge is -2.19. The first-order valence-electron chi connectivity index (χ1n) is 6.48. The van der Waals surface area contributed by atoms with Crippen molar-refractivity contribution in [1.82, 2.24) is 4.90 Å². The van der Waals surface area contributed by atoms with Crippen LogP contribution in [0.25, 0.3) is 0 Å². The van der Waals surface area contributed by atoms with Crippen molar-refractivity contribution in [3.8, 4) is 0 Å². The molecular weight excluding hydrogens is 274 g/mol. The highest BCUT2D eigenvalue weighted by Gasteiger charge is 2.11. The highest BCUT2D eigenvalue weighted by Crippen LogP contribution is 2.14. The van der Waals surface area contributed by atoms with E-state index in [4.69, 9.17) is 0 Å². The summed E-state index contributed by atoms with van der Waals surface area (Å²) in [5.41, 5.74) is 2.18. The third kappa shape index (κ3) is 4.02. The minimum absolute atomic E-state index is 0.0918. The normalized spacial score (nSPS) is 10.3. The van der Waals surface area contributed by atoms with Crippen molar-refractivity contribution < 1.29 is 13.6 Å². The Balaban J connectivity index is 2.04. The van der Waals surface area contributed by atoms with Crippen LogP contribution in [0, 0.1) is 18.6 Å². The third-order valence-electron chi connectivity index (χ3n) is 3.13. The van der Waals surface area contributed by atoms with Crippen molar-refractivity contribution in [3.05, 3.63) is 65.2 Å². The maximum atomic E-state index is 13.1. The molecule has 0 aliphatic heterocycles. The summed E-state index contributed by atoms with van der Waals surface area (Å²) in [6.45, 7) is 2.37. The molecule has 110 valence electrons. The number of carbonyl (C=O) groups is 1. The maximum absolute atomic E-state index is 13.1. The van der Waals surface area contributed by atoms with Crippen molar-refractivity contribution in [3.63, 3.8) is 0 Å². The second-order valence-electron chi connectivity index (χ2n) is 4.87. The second-order valence-corrected chi connectivity index (χ2v) is 4.87. The Bertz CT molecular complexity index is 638. The molecule has 2 amide bonds. The highest BCUT2D eigenvalue weighted by atomic mass is 19.1. The van der Waals surface area contributed by atoms with Gasteiger partial charge in [-0.2, -0.15) is 0 Å². The number of hydrogen-bond acceptors (Lipinski definition) is 1. The summed E-state index contributed by atoms with van der Waals surface area (Å²) in [7, 11) is 1.62. The molecule has 5 heteroatoms. The molecule has 0 bridgehead atoms. The molecule has 0 aliphatic rings. The smallest absolute Gasteiger partial charge is 0.321 e. The van der Waals surface area contributed by atoms with Crippen molar-refractivity contribution >= 4 is 11.7 Å². The van der Waals surface area contributed by atoms with Gasteiger partial charge in [0.05, 0.1) is 0 Å². The molecule has 2 aromatic rings. The number of carbonyl (C=O) groups excluding carboxylic acids is 1. The number of amides is 2. The minimum atomic E-state index is -0.730. The molecule has 0 saturated heterocycles. The van der Waals surface area contributed by atoms with Crippen LogP contribution in [0.1, 0.15) is 11.1 Å². The van der Waals surface area contributed by atoms with Gasteiger partial charge in [0.2, 0.25) is 0 Å². The molecule has 0 saturated carbocycles. The van der Waals surface area contributed by atoms with Gasteiger partial charge in [-0.05, 0) is 30.2 Å². The summed E-state index contributed by atoms with van der Waals surface area (Å²) < 4.78 is 26.1. The van der Waals surface area contributed by atoms with E-state index in [1.54, 1.807) is 7.05 Å². The van der Waals surface area contributed by atoms with Crippen LogP contribution in [0.4, 0.5) is 19.3 Å². The predicted octanol–water partition coefficient (Wildman–Crippen LogP) is 3.94. The zero-order valence-electron chi connectivity index (χ0n) is 11.9. The molecule has 2 aromatic carbocycles. The second kappa shape index (κ2) is 6.35. The Morgan fingerprint density at radius 1 is 1.14 bits per heavy atom. The van der Waals surface area contributed by atoms with E-state index < -0.39 is 17.7 Å². The first-order chi connectivity index (χ1) is 9.95. The number of hydrogen-bond donors (Lipinski definition) is 1. The lowest BCUT2D eigenvalue weighted by Crippen LogP contribution is -2.31. The number of aryl methyl sites for hydroxylation is 1. The summed E-state index contributed by atoms with van der Waals surface area (Å²) in [6, 6.07) is 10.2. The summed E-state index contributed by atoms with van der Waals surface area (Å²) in [6.07, 6.45) is 0. The number of nitrogens with zero attached hydrogens (tertiary/aromatic N) is 1. The maximum Gasteiger partial charge on any atom is 0.321 e. The third-order valence-corrected chi connectivity index (χ3v) is 3.13. The number of urea groups is 1. The monoisotopic (exact) mass is 290 g/mol. The minimum Gasteiger partial charge on any atom is -0.323 e. The zero-order valence-corrected chi connectivity index (χ0v) is 11.9. The summed E-state index contributed by atoms with van der Waals surface area (Å²) in [4.78, 5) is 13.5. The Morgan fingerprint density at radius 2 is 1.76 bits per heavy atom. The van der Waals surface area contributed by atoms with Crippen molar-refractivity contribution in [2.75, 3.05) is 12.4 Å². The van der Waals surface area contributed by atoms with Gasteiger partial charge in [0, 0.05) is 25.3 Å². The van der Waals surface area contributed by atoms with Crippen molar-refractivity contribution in [1.29, 1.82) is 0 Å². The van der Waals surface area contributed by atoms with E-state index in [0.717, 1.165) is 29.3 Å². The van der Waals surface area contributed by atoms with E-state index in [1.807, 2.05) is 31.2 Å². The van der Waals surface area contributed by atoms with E-state index in [-0.39, 0.29) is 5.69 Å². The Kier molecular flexibility index (Phi) is 4.52. The molecular formula is C16H16F2N2O. The number of anilines is 1. The molecule has 0 atom stereocenters. The van der Waals surface area contributed by atoms with Crippen LogP contribution in [-0.4, -0.2) is 18.0 Å². The first kappa shape index (κ1) is 15.0. The van der Waals surface area contributed by atoms with Gasteiger partial charge >= 0.3 is 6.03 Å². The van der Waals surface area contributed by atoms with Crippen LogP contribution in [0.5, 0.6) is 0 Å². The number of halogens is 2. The molecule has 0 spiro atoms. The number of nitrogens with one attached hydrogen (secondary N) is 1. The van der Waals surface area contributed by atoms with Gasteiger partial charge < -0.3 is 10.2 Å². The van der Waals surface area contributed by atoms with Gasteiger partial charge in [-0.3, -0.25) is 0 Å². The fraction of sp³-hybridized carbons (Fsp3) is 0.188. The molecule has 0 heterocycles. The first-order valence-corrected chi connectivity index (χ1v) is 6.48. The van der Waals surface area contributed by atoms with E-state index in [1.165, 1.54) is 4.90 Å². The molecule has 2 rings (SSSR count). The van der Waals surface area contributed by atoms with Crippen molar-refractivity contribution in [2.24, 2.45) is 0 Å². The average molecular weight is 290 g/mol. The van der Waals surface area contributed by atoms with Crippen molar-refractivity contribution in [2.45, 2.75) is 13.5 Å². The van der Waals surface area contributed by atoms with Crippen LogP contribution in [0.2, 0.25) is 0 Å². The van der Waals surface area contributed by atoms with Gasteiger partial charge in [0.15, 0.2) is 0 Å². The quantitative estimate of drug-likeness (QED) is 0.912. The van der Waals surface area contributed by atoms with Gasteiger partial charge in [-0.25, -0.2) is 13.6 Å². The topological polar surface area (TPSA) is 32.3 Å². The number of benzene rings is 2. The summed E-state index contributed by atoms with van der Waals surface area (Å²) in [5, 5.41) is 2.47. The van der Waals surface area contributed by atoms with Gasteiger partial charge in [-0.15, -0.1) is 0 Å². The summed E-state index contributed by atoms with van der Waals surface area (Å²) >= 11 is 0. The lowest BCUT2D eigenvalue weighted by atomic mass is 10.1. The van der Waals surface area contributed by atoms with E-state index >= 15 is 0 Å². The fourth-order valence-corrected chi connectivity index (χ4v) is 1.96. The molecule has 0 radical (unpaired) electrons. The molecule has 0 aromatic heterocycles. The largest absolute Gasteiger partial charge is 0.323 e. The Labute approximate surface area is 122 Å². The lowest BCUT2D eigenvalue weighted by molar-refractivity contribution is 0.220. The average Bonchev–Trinajstić information content (AvgIpc) is 2.40. The molecule has 0 aliphatic carbocycles. The fourth-order valence-electron chi connectivity index (χ4n) is 1.96. The van der Waals surface area contributed by atoms with E-state index in [9.17, 15) is 13.6 Å². The standard InChI is InChI=1S/C16H16F2N2O/c1-11-5-3-4-6-12(11)10-20(2)16(21)19-15-8-13(17)7-14(18)9-15/h3-9H,10H2,1-2H3,(H,19,21). The SMILES string of the molecule is Cc1ccccc1CN(C)C(=O)Nc1cc(F)cc(F)c1. The molecule has 0 fully saturated rings. The van der Waals surface area contributed by atoms with Crippen LogP contribution < -0.4 is 5.32 Å². The zero-order chi connectivity index (χ0) is 15.4. The van der Waals surface area contributed by atoms with E-state index in [2.05, 4.69) is 5.32 Å². The van der Waals surface area contributed by atoms with Crippen LogP contribution in [0.3, 0.4) is 0 Å². The molecule has 3 nitrogen and oxygen atoms in total. The molecule has 1 N–H and O–H groups in total. The molecule has 0 unspecified atom stereocenters. The predicted molar refractivity (Wildman–Crippen MR) is 78.0 cm³/mol. The summed E-state index contributed by atoms with van der Waals surface area (Å²) in [5.74, 6) is -1.46. The van der Waals surface area contributed by atoms with Crippen LogP contribution in [0.15, 0.2) is 42.5 Å². The van der Waals surface area contributed by atoms with Crippen LogP contribution in [-0.2, 0) is 6.54 Å².